The maximum atomic E-state index is 19.3. The molecular formula is C102H67B2F2N5S. The van der Waals surface area contributed by atoms with E-state index in [1.54, 1.807) is 11.8 Å². The molecule has 0 radical (unpaired) electrons. The quantitative estimate of drug-likeness (QED) is 0.100. The Bertz CT molecular complexity index is 6320. The normalized spacial score (nSPS) is 12.6. The number of nitrogens with zero attached hydrogens (tertiary/aromatic N) is 5. The van der Waals surface area contributed by atoms with Crippen LogP contribution in [0.25, 0.3) is 55.6 Å². The molecule has 0 aromatic heterocycles. The molecule has 5 nitrogen and oxygen atoms in total. The first-order valence-corrected chi connectivity index (χ1v) is 38.9. The zero-order chi connectivity index (χ0) is 74.3. The number of hydrogen-bond donors (Lipinski definition) is 0. The third-order valence-electron chi connectivity index (χ3n) is 22.5. The summed E-state index contributed by atoms with van der Waals surface area (Å²) in [6, 6.07) is 143. The lowest BCUT2D eigenvalue weighted by Crippen LogP contribution is -2.64. The van der Waals surface area contributed by atoms with Crippen LogP contribution in [0.4, 0.5) is 94.1 Å². The smallest absolute Gasteiger partial charge is 0.252 e. The van der Waals surface area contributed by atoms with Crippen LogP contribution in [-0.2, 0) is 0 Å². The van der Waals surface area contributed by atoms with Crippen molar-refractivity contribution in [1.82, 2.24) is 0 Å². The molecule has 0 N–H and O–H groups in total. The highest BCUT2D eigenvalue weighted by Gasteiger charge is 2.49. The third kappa shape index (κ3) is 11.1. The summed E-state index contributed by atoms with van der Waals surface area (Å²) in [6.07, 6.45) is 0. The molecule has 4 aliphatic rings. The zero-order valence-corrected chi connectivity index (χ0v) is 61.6. The summed E-state index contributed by atoms with van der Waals surface area (Å²) in [5.74, 6) is -1.38. The van der Waals surface area contributed by atoms with Gasteiger partial charge >= 0.3 is 0 Å². The highest BCUT2D eigenvalue weighted by atomic mass is 32.2. The fourth-order valence-electron chi connectivity index (χ4n) is 17.9. The van der Waals surface area contributed by atoms with Crippen molar-refractivity contribution in [2.75, 3.05) is 24.5 Å². The molecular weight excluding hydrogens is 1390 g/mol. The Labute approximate surface area is 655 Å². The van der Waals surface area contributed by atoms with E-state index < -0.39 is 18.3 Å². The number of hydrogen-bond acceptors (Lipinski definition) is 6. The third-order valence-corrected chi connectivity index (χ3v) is 23.6. The van der Waals surface area contributed by atoms with Crippen molar-refractivity contribution in [2.24, 2.45) is 0 Å². The summed E-state index contributed by atoms with van der Waals surface area (Å²) in [6.45, 7) is -0.752. The van der Waals surface area contributed by atoms with Crippen LogP contribution in [0.15, 0.2) is 416 Å². The van der Waals surface area contributed by atoms with Gasteiger partial charge in [-0.1, -0.05) is 321 Å². The van der Waals surface area contributed by atoms with E-state index in [4.69, 9.17) is 0 Å². The molecule has 0 bridgehead atoms. The summed E-state index contributed by atoms with van der Waals surface area (Å²) in [5.41, 5.74) is 29.4. The first-order valence-electron chi connectivity index (χ1n) is 38.1. The van der Waals surface area contributed by atoms with Crippen LogP contribution < -0.4 is 57.3 Å². The van der Waals surface area contributed by atoms with Crippen LogP contribution in [0, 0.1) is 11.6 Å². The molecule has 0 saturated heterocycles. The minimum atomic E-state index is -0.703. The summed E-state index contributed by atoms with van der Waals surface area (Å²) < 4.78 is 36.4. The van der Waals surface area contributed by atoms with Gasteiger partial charge in [0.1, 0.15) is 5.82 Å². The van der Waals surface area contributed by atoms with Crippen molar-refractivity contribution in [2.45, 2.75) is 9.79 Å². The predicted molar refractivity (Wildman–Crippen MR) is 467 cm³/mol. The minimum absolute atomic E-state index is 0.223. The summed E-state index contributed by atoms with van der Waals surface area (Å²) in [5, 5.41) is 0. The van der Waals surface area contributed by atoms with Crippen molar-refractivity contribution >= 4 is 143 Å². The van der Waals surface area contributed by atoms with E-state index in [1.165, 1.54) is 17.0 Å². The second kappa shape index (κ2) is 27.6. The Hall–Kier alpha value is -13.9. The van der Waals surface area contributed by atoms with Crippen LogP contribution in [0.3, 0.4) is 0 Å². The van der Waals surface area contributed by atoms with Crippen molar-refractivity contribution in [3.63, 3.8) is 0 Å². The van der Waals surface area contributed by atoms with Crippen LogP contribution in [-0.4, -0.2) is 13.4 Å². The van der Waals surface area contributed by atoms with E-state index in [-0.39, 0.29) is 12.4 Å². The second-order valence-electron chi connectivity index (χ2n) is 28.8. The van der Waals surface area contributed by atoms with Gasteiger partial charge in [-0.25, -0.2) is 8.78 Å². The topological polar surface area (TPSA) is 16.2 Å². The molecule has 0 fully saturated rings. The SMILES string of the molecule is Fc1cc(F)c(N2c3cc4c(cc3B3c5ccccc5N(c5c(-c6ccccc6)cccc5-c5ccccc5)c5cc(N(c6ccccc6)c6c(-c7ccccc7)cccc6-c6ccccc6)cc2c53)B2c3ccccc3N(c3ccccc3)c3cc(N(c5ccccc5)c5ccccc5)cc(c32)S4)c(-c2ccccc2)c1. The largest absolute Gasteiger partial charge is 0.311 e. The van der Waals surface area contributed by atoms with Gasteiger partial charge < -0.3 is 24.5 Å². The lowest BCUT2D eigenvalue weighted by atomic mass is 9.31. The van der Waals surface area contributed by atoms with Gasteiger partial charge in [0.2, 0.25) is 6.71 Å². The Morgan fingerprint density at radius 1 is 0.241 bits per heavy atom. The fourth-order valence-corrected chi connectivity index (χ4v) is 19.1. The molecule has 0 saturated carbocycles. The van der Waals surface area contributed by atoms with Gasteiger partial charge in [-0.2, -0.15) is 0 Å². The van der Waals surface area contributed by atoms with Gasteiger partial charge in [0.25, 0.3) is 6.71 Å². The van der Waals surface area contributed by atoms with Crippen LogP contribution in [0.2, 0.25) is 0 Å². The highest BCUT2D eigenvalue weighted by Crippen LogP contribution is 2.57. The molecule has 0 atom stereocenters. The highest BCUT2D eigenvalue weighted by molar-refractivity contribution is 8.00. The summed E-state index contributed by atoms with van der Waals surface area (Å²) >= 11 is 1.76. The van der Waals surface area contributed by atoms with Crippen LogP contribution >= 0.6 is 11.8 Å². The van der Waals surface area contributed by atoms with Gasteiger partial charge in [0.05, 0.1) is 22.7 Å². The lowest BCUT2D eigenvalue weighted by molar-refractivity contribution is 0.585. The average Bonchev–Trinajstić information content (AvgIpc) is 0.681. The lowest BCUT2D eigenvalue weighted by Gasteiger charge is -2.47. The van der Waals surface area contributed by atoms with Gasteiger partial charge in [-0.15, -0.1) is 0 Å². The first kappa shape index (κ1) is 66.3. The summed E-state index contributed by atoms with van der Waals surface area (Å²) in [4.78, 5) is 14.1. The molecule has 21 rings (SSSR count). The molecule has 10 heteroatoms. The maximum absolute atomic E-state index is 19.3. The molecule has 0 unspecified atom stereocenters. The monoisotopic (exact) mass is 1450 g/mol. The molecule has 0 spiro atoms. The van der Waals surface area contributed by atoms with E-state index in [9.17, 15) is 0 Å². The van der Waals surface area contributed by atoms with Crippen LogP contribution in [0.5, 0.6) is 0 Å². The van der Waals surface area contributed by atoms with Crippen LogP contribution in [0.1, 0.15) is 0 Å². The molecule has 526 valence electrons. The maximum Gasteiger partial charge on any atom is 0.252 e. The van der Waals surface area contributed by atoms with Gasteiger partial charge in [-0.3, -0.25) is 0 Å². The van der Waals surface area contributed by atoms with Gasteiger partial charge in [-0.05, 0) is 152 Å². The molecule has 4 heterocycles. The predicted octanol–water partition coefficient (Wildman–Crippen LogP) is 24.1. The van der Waals surface area contributed by atoms with E-state index >= 15 is 8.78 Å². The number of benzene rings is 17. The number of rotatable bonds is 14. The molecule has 17 aromatic carbocycles. The van der Waals surface area contributed by atoms with E-state index in [0.717, 1.165) is 162 Å². The van der Waals surface area contributed by atoms with Gasteiger partial charge in [0, 0.05) is 106 Å². The van der Waals surface area contributed by atoms with E-state index in [0.29, 0.717) is 11.1 Å². The molecule has 0 aliphatic carbocycles. The summed E-state index contributed by atoms with van der Waals surface area (Å²) in [7, 11) is 0. The first-order chi connectivity index (χ1) is 55.5. The second-order valence-corrected chi connectivity index (χ2v) is 29.9. The number of anilines is 15. The van der Waals surface area contributed by atoms with E-state index in [2.05, 4.69) is 388 Å². The average molecular weight is 1450 g/mol. The number of fused-ring (bicyclic) bond motifs is 8. The van der Waals surface area contributed by atoms with Crippen molar-refractivity contribution in [1.29, 1.82) is 0 Å². The standard InChI is InChI=1S/C102H67B2F2N5S/c105-73-60-84(72-42-18-5-19-43-72)102(89(106)61-73)111-92-67-96-88(104-85-56-28-30-58-90(85)109(77-50-26-9-27-51-77)95-64-79(65-97(112-96)99(95)104)107(74-44-20-6-21-45-74)75-46-22-7-23-47-75)66-87(92)103-86-57-29-31-59-91(86)110(101-82(70-38-14-3-15-39-70)54-33-55-83(101)71-40-16-4-17-41-71)93-62-78(63-94(111)98(93)103)108(76-48-24-8-25-49-76)100-80(68-34-10-1-11-35-68)52-32-53-81(100)69-36-12-2-13-37-69/h1-67H. The minimum Gasteiger partial charge on any atom is -0.311 e. The number of halogens is 2. The Morgan fingerprint density at radius 3 is 1.12 bits per heavy atom. The Balaban J connectivity index is 0.912. The zero-order valence-electron chi connectivity index (χ0n) is 60.7. The van der Waals surface area contributed by atoms with Gasteiger partial charge in [0.15, 0.2) is 5.82 Å². The van der Waals surface area contributed by atoms with Crippen molar-refractivity contribution < 1.29 is 8.78 Å². The Morgan fingerprint density at radius 2 is 0.625 bits per heavy atom. The van der Waals surface area contributed by atoms with Crippen molar-refractivity contribution in [3.8, 4) is 55.6 Å². The molecule has 0 amide bonds. The van der Waals surface area contributed by atoms with Crippen molar-refractivity contribution in [3.05, 3.63) is 418 Å². The Kier molecular flexibility index (Phi) is 16.4. The molecule has 4 aliphatic heterocycles. The van der Waals surface area contributed by atoms with E-state index in [1.807, 2.05) is 30.3 Å². The molecule has 112 heavy (non-hydrogen) atoms. The number of para-hydroxylation sites is 8. The fraction of sp³-hybridized carbons (Fsp3) is 0. The molecule has 17 aromatic rings.